The van der Waals surface area contributed by atoms with Gasteiger partial charge in [-0.05, 0) is 111 Å². The number of ketones is 2. The van der Waals surface area contributed by atoms with Crippen LogP contribution in [0.15, 0.2) is 52.9 Å². The molecule has 2 aromatic rings. The molecule has 3 aliphatic rings. The molecule has 1 N–H and O–H groups in total. The van der Waals surface area contributed by atoms with Crippen LogP contribution in [-0.4, -0.2) is 42.1 Å². The van der Waals surface area contributed by atoms with E-state index in [1.807, 2.05) is 51.1 Å². The van der Waals surface area contributed by atoms with Gasteiger partial charge in [0.25, 0.3) is 5.91 Å². The Morgan fingerprint density at radius 3 is 2.22 bits per heavy atom. The molecule has 216 valence electrons. The van der Waals surface area contributed by atoms with Crippen LogP contribution in [0.4, 0.5) is 5.69 Å². The highest BCUT2D eigenvalue weighted by molar-refractivity contribution is 14.1. The van der Waals surface area contributed by atoms with E-state index in [0.717, 1.165) is 80.7 Å². The monoisotopic (exact) mass is 668 g/mol. The predicted molar refractivity (Wildman–Crippen MR) is 167 cm³/mol. The van der Waals surface area contributed by atoms with E-state index in [9.17, 15) is 14.4 Å². The third kappa shape index (κ3) is 5.80. The number of anilines is 1. The maximum Gasteiger partial charge on any atom is 0.262 e. The van der Waals surface area contributed by atoms with E-state index in [1.165, 1.54) is 0 Å². The smallest absolute Gasteiger partial charge is 0.262 e. The highest BCUT2D eigenvalue weighted by Crippen LogP contribution is 2.50. The zero-order valence-corrected chi connectivity index (χ0v) is 26.4. The SMILES string of the molecule is CCOc1cc(C2C3=C(CCCC3=O)N(CC)C3=C2C(=O)CCC3)cc(I)c1OCC(=O)Nc1cc(C)ccc1C. The maximum atomic E-state index is 13.5. The standard InChI is InChI=1S/C33H37IN2O5/c1-5-36-24-9-7-11-26(37)31(24)30(32-25(36)10-8-12-27(32)38)21-16-22(34)33(28(17-21)40-6-2)41-18-29(39)35-23-15-19(3)13-14-20(23)4/h13-17,30H,5-12,18H2,1-4H3,(H,35,39). The second-order valence-electron chi connectivity index (χ2n) is 10.9. The lowest BCUT2D eigenvalue weighted by Gasteiger charge is -2.43. The molecule has 0 radical (unpaired) electrons. The van der Waals surface area contributed by atoms with Crippen LogP contribution < -0.4 is 14.8 Å². The van der Waals surface area contributed by atoms with Crippen molar-refractivity contribution in [2.75, 3.05) is 25.1 Å². The Morgan fingerprint density at radius 2 is 1.61 bits per heavy atom. The molecule has 1 heterocycles. The molecule has 41 heavy (non-hydrogen) atoms. The molecule has 0 fully saturated rings. The minimum absolute atomic E-state index is 0.121. The van der Waals surface area contributed by atoms with Gasteiger partial charge in [-0.25, -0.2) is 0 Å². The molecule has 5 rings (SSSR count). The first-order valence-corrected chi connectivity index (χ1v) is 15.6. The number of carbonyl (C=O) groups excluding carboxylic acids is 3. The average molecular weight is 669 g/mol. The average Bonchev–Trinajstić information content (AvgIpc) is 2.94. The summed E-state index contributed by atoms with van der Waals surface area (Å²) in [5.74, 6) is 0.539. The zero-order valence-electron chi connectivity index (χ0n) is 24.2. The van der Waals surface area contributed by atoms with Gasteiger partial charge < -0.3 is 19.7 Å². The number of hydrogen-bond acceptors (Lipinski definition) is 6. The van der Waals surface area contributed by atoms with Crippen molar-refractivity contribution in [2.24, 2.45) is 0 Å². The van der Waals surface area contributed by atoms with Crippen LogP contribution in [-0.2, 0) is 14.4 Å². The summed E-state index contributed by atoms with van der Waals surface area (Å²) in [5.41, 5.74) is 7.30. The Balaban J connectivity index is 1.50. The number of allylic oxidation sites excluding steroid dienone is 4. The van der Waals surface area contributed by atoms with Crippen molar-refractivity contribution >= 4 is 45.8 Å². The zero-order chi connectivity index (χ0) is 29.3. The molecule has 0 unspecified atom stereocenters. The van der Waals surface area contributed by atoms with Gasteiger partial charge in [0.1, 0.15) is 0 Å². The number of nitrogens with zero attached hydrogens (tertiary/aromatic N) is 1. The molecule has 0 aromatic heterocycles. The summed E-state index contributed by atoms with van der Waals surface area (Å²) in [6.07, 6.45) is 4.32. The Morgan fingerprint density at radius 1 is 0.951 bits per heavy atom. The summed E-state index contributed by atoms with van der Waals surface area (Å²) in [4.78, 5) is 42.0. The van der Waals surface area contributed by atoms with Gasteiger partial charge in [0.15, 0.2) is 29.7 Å². The van der Waals surface area contributed by atoms with E-state index in [-0.39, 0.29) is 24.1 Å². The van der Waals surface area contributed by atoms with Crippen molar-refractivity contribution < 1.29 is 23.9 Å². The quantitative estimate of drug-likeness (QED) is 0.313. The lowest BCUT2D eigenvalue weighted by molar-refractivity contribution is -0.118. The normalized spacial score (nSPS) is 17.4. The first-order valence-electron chi connectivity index (χ1n) is 14.5. The van der Waals surface area contributed by atoms with Gasteiger partial charge in [0.05, 0.1) is 10.2 Å². The highest BCUT2D eigenvalue weighted by atomic mass is 127. The number of benzene rings is 2. The van der Waals surface area contributed by atoms with Gasteiger partial charge in [-0.2, -0.15) is 0 Å². The highest BCUT2D eigenvalue weighted by Gasteiger charge is 2.43. The van der Waals surface area contributed by atoms with Crippen LogP contribution in [0.2, 0.25) is 0 Å². The molecular formula is C33H37IN2O5. The molecule has 0 saturated heterocycles. The third-order valence-electron chi connectivity index (χ3n) is 8.08. The summed E-state index contributed by atoms with van der Waals surface area (Å²) in [6, 6.07) is 9.79. The summed E-state index contributed by atoms with van der Waals surface area (Å²) in [6.45, 7) is 8.88. The van der Waals surface area contributed by atoms with Crippen LogP contribution in [0.25, 0.3) is 0 Å². The molecule has 0 bridgehead atoms. The van der Waals surface area contributed by atoms with E-state index in [0.29, 0.717) is 30.9 Å². The first-order chi connectivity index (χ1) is 19.7. The first kappa shape index (κ1) is 29.4. The number of nitrogens with one attached hydrogen (secondary N) is 1. The largest absolute Gasteiger partial charge is 0.490 e. The van der Waals surface area contributed by atoms with Crippen LogP contribution >= 0.6 is 22.6 Å². The Labute approximate surface area is 255 Å². The fourth-order valence-corrected chi connectivity index (χ4v) is 7.06. The second-order valence-corrected chi connectivity index (χ2v) is 12.0. The number of amides is 1. The van der Waals surface area contributed by atoms with E-state index in [1.54, 1.807) is 0 Å². The van der Waals surface area contributed by atoms with Gasteiger partial charge in [0, 0.05) is 53.5 Å². The van der Waals surface area contributed by atoms with Crippen LogP contribution in [0.1, 0.15) is 75.0 Å². The number of carbonyl (C=O) groups is 3. The summed E-state index contributed by atoms with van der Waals surface area (Å²) in [5, 5.41) is 2.94. The lowest BCUT2D eigenvalue weighted by Crippen LogP contribution is -2.39. The van der Waals surface area contributed by atoms with Crippen molar-refractivity contribution in [3.05, 3.63) is 73.1 Å². The molecule has 1 amide bonds. The summed E-state index contributed by atoms with van der Waals surface area (Å²) < 4.78 is 12.8. The molecule has 8 heteroatoms. The van der Waals surface area contributed by atoms with E-state index < -0.39 is 5.92 Å². The summed E-state index contributed by atoms with van der Waals surface area (Å²) >= 11 is 2.20. The maximum absolute atomic E-state index is 13.5. The third-order valence-corrected chi connectivity index (χ3v) is 8.88. The van der Waals surface area contributed by atoms with Gasteiger partial charge in [-0.1, -0.05) is 12.1 Å². The van der Waals surface area contributed by atoms with Gasteiger partial charge >= 0.3 is 0 Å². The number of Topliss-reactive ketones (excluding diaryl/α,β-unsaturated/α-hetero) is 2. The Bertz CT molecular complexity index is 1430. The van der Waals surface area contributed by atoms with E-state index >= 15 is 0 Å². The number of halogens is 1. The fraction of sp³-hybridized carbons (Fsp3) is 0.424. The number of aryl methyl sites for hydroxylation is 2. The molecule has 7 nitrogen and oxygen atoms in total. The van der Waals surface area contributed by atoms with Gasteiger partial charge in [0.2, 0.25) is 0 Å². The molecule has 0 atom stereocenters. The van der Waals surface area contributed by atoms with Gasteiger partial charge in [-0.3, -0.25) is 14.4 Å². The van der Waals surface area contributed by atoms with Crippen LogP contribution in [0.3, 0.4) is 0 Å². The van der Waals surface area contributed by atoms with Crippen LogP contribution in [0, 0.1) is 17.4 Å². The van der Waals surface area contributed by atoms with Crippen molar-refractivity contribution in [1.29, 1.82) is 0 Å². The summed E-state index contributed by atoms with van der Waals surface area (Å²) in [7, 11) is 0. The minimum Gasteiger partial charge on any atom is -0.490 e. The molecule has 2 aromatic carbocycles. The molecule has 1 aliphatic heterocycles. The van der Waals surface area contributed by atoms with Crippen molar-refractivity contribution in [3.63, 3.8) is 0 Å². The lowest BCUT2D eigenvalue weighted by atomic mass is 9.71. The molecule has 0 saturated carbocycles. The number of ether oxygens (including phenoxy) is 2. The van der Waals surface area contributed by atoms with Crippen molar-refractivity contribution in [2.45, 2.75) is 72.1 Å². The number of rotatable bonds is 8. The van der Waals surface area contributed by atoms with Crippen molar-refractivity contribution in [1.82, 2.24) is 4.90 Å². The fourth-order valence-electron chi connectivity index (χ4n) is 6.28. The van der Waals surface area contributed by atoms with E-state index in [2.05, 4.69) is 39.7 Å². The predicted octanol–water partition coefficient (Wildman–Crippen LogP) is 6.76. The minimum atomic E-state index is -0.419. The molecular weight excluding hydrogens is 631 g/mol. The van der Waals surface area contributed by atoms with Crippen LogP contribution in [0.5, 0.6) is 11.5 Å². The number of hydrogen-bond donors (Lipinski definition) is 1. The molecule has 0 spiro atoms. The van der Waals surface area contributed by atoms with Crippen molar-refractivity contribution in [3.8, 4) is 11.5 Å². The molecule has 2 aliphatic carbocycles. The Hall–Kier alpha value is -3.14. The van der Waals surface area contributed by atoms with Gasteiger partial charge in [-0.15, -0.1) is 0 Å². The van der Waals surface area contributed by atoms with E-state index in [4.69, 9.17) is 9.47 Å². The second kappa shape index (κ2) is 12.4. The topological polar surface area (TPSA) is 84.9 Å². The Kier molecular flexibility index (Phi) is 8.87.